The maximum Gasteiger partial charge on any atom is 0.179 e. The van der Waals surface area contributed by atoms with Gasteiger partial charge in [0.05, 0.1) is 11.0 Å². The molecule has 242 valence electrons. The minimum absolute atomic E-state index is 0.917. The Kier molecular flexibility index (Phi) is 6.87. The van der Waals surface area contributed by atoms with Crippen LogP contribution in [0.5, 0.6) is 0 Å². The topological polar surface area (TPSA) is 35.6 Å². The molecule has 4 nitrogen and oxygen atoms in total. The van der Waals surface area contributed by atoms with Crippen LogP contribution >= 0.6 is 11.3 Å². The number of hydrogen-bond donors (Lipinski definition) is 0. The number of hydrogen-bond acceptors (Lipinski definition) is 3. The molecule has 4 aromatic heterocycles. The summed E-state index contributed by atoms with van der Waals surface area (Å²) in [5.41, 5.74) is 3.48. The van der Waals surface area contributed by atoms with Crippen LogP contribution in [0.1, 0.15) is 0 Å². The average molecular weight is 689 g/mol. The van der Waals surface area contributed by atoms with Crippen molar-refractivity contribution >= 4 is 82.1 Å². The predicted molar refractivity (Wildman–Crippen MR) is 217 cm³/mol. The average Bonchev–Trinajstić information content (AvgIpc) is 3.89. The lowest BCUT2D eigenvalue weighted by Crippen LogP contribution is -2.74. The number of benzene rings is 6. The van der Waals surface area contributed by atoms with Gasteiger partial charge in [0.2, 0.25) is 0 Å². The number of aromatic nitrogens is 4. The third-order valence-corrected chi connectivity index (χ3v) is 16.3. The Bertz CT molecular complexity index is 2830. The van der Waals surface area contributed by atoms with Crippen LogP contribution < -0.4 is 20.7 Å². The molecule has 0 aliphatic rings. The summed E-state index contributed by atoms with van der Waals surface area (Å²) in [5, 5.41) is 10.3. The van der Waals surface area contributed by atoms with Crippen LogP contribution in [0, 0.1) is 0 Å². The molecule has 10 rings (SSSR count). The lowest BCUT2D eigenvalue weighted by molar-refractivity contribution is 0.925. The highest BCUT2D eigenvalue weighted by atomic mass is 32.1. The Hall–Kier alpha value is -6.08. The molecular formula is C45H32N4SSi. The van der Waals surface area contributed by atoms with Crippen LogP contribution in [-0.4, -0.2) is 27.2 Å². The summed E-state index contributed by atoms with van der Waals surface area (Å²) < 4.78 is 7.09. The van der Waals surface area contributed by atoms with Crippen molar-refractivity contribution in [3.8, 4) is 17.2 Å². The molecule has 0 fully saturated rings. The van der Waals surface area contributed by atoms with E-state index in [1.165, 1.54) is 57.2 Å². The Labute approximate surface area is 300 Å². The van der Waals surface area contributed by atoms with E-state index in [4.69, 9.17) is 9.97 Å². The fraction of sp³-hybridized carbons (Fsp3) is 0.0222. The molecule has 51 heavy (non-hydrogen) atoms. The number of fused-ring (bicyclic) bond motifs is 7. The summed E-state index contributed by atoms with van der Waals surface area (Å²) in [6.45, 7) is 0. The van der Waals surface area contributed by atoms with E-state index in [-0.39, 0.29) is 0 Å². The number of imidazole rings is 1. The lowest BCUT2D eigenvalue weighted by atomic mass is 10.1. The van der Waals surface area contributed by atoms with E-state index in [9.17, 15) is 0 Å². The van der Waals surface area contributed by atoms with Gasteiger partial charge in [-0.15, -0.1) is 11.3 Å². The first-order valence-corrected chi connectivity index (χ1v) is 20.0. The van der Waals surface area contributed by atoms with Crippen molar-refractivity contribution in [2.75, 3.05) is 0 Å². The van der Waals surface area contributed by atoms with E-state index >= 15 is 0 Å². The van der Waals surface area contributed by atoms with E-state index in [1.54, 1.807) is 0 Å². The number of pyridine rings is 1. The van der Waals surface area contributed by atoms with Gasteiger partial charge in [-0.2, -0.15) is 0 Å². The molecule has 4 heterocycles. The van der Waals surface area contributed by atoms with Crippen LogP contribution in [-0.2, 0) is 7.05 Å². The van der Waals surface area contributed by atoms with Gasteiger partial charge in [-0.25, -0.2) is 9.97 Å². The minimum atomic E-state index is -2.90. The first-order chi connectivity index (χ1) is 25.2. The van der Waals surface area contributed by atoms with Crippen LogP contribution in [0.2, 0.25) is 0 Å². The second kappa shape index (κ2) is 11.8. The van der Waals surface area contributed by atoms with Gasteiger partial charge in [0, 0.05) is 62.1 Å². The number of thiophene rings is 1. The summed E-state index contributed by atoms with van der Waals surface area (Å²) in [7, 11) is -0.843. The van der Waals surface area contributed by atoms with E-state index in [0.29, 0.717) is 0 Å². The fourth-order valence-electron chi connectivity index (χ4n) is 8.18. The molecule has 0 saturated carbocycles. The second-order valence-electron chi connectivity index (χ2n) is 13.1. The summed E-state index contributed by atoms with van der Waals surface area (Å²) in [6, 6.07) is 58.2. The van der Waals surface area contributed by atoms with Crippen LogP contribution in [0.4, 0.5) is 0 Å². The summed E-state index contributed by atoms with van der Waals surface area (Å²) >= 11 is 1.86. The van der Waals surface area contributed by atoms with Gasteiger partial charge >= 0.3 is 0 Å². The first-order valence-electron chi connectivity index (χ1n) is 17.2. The van der Waals surface area contributed by atoms with Crippen LogP contribution in [0.25, 0.3) is 59.2 Å². The van der Waals surface area contributed by atoms with Gasteiger partial charge in [-0.05, 0) is 51.1 Å². The molecule has 0 aliphatic carbocycles. The molecular weight excluding hydrogens is 657 g/mol. The van der Waals surface area contributed by atoms with Crippen LogP contribution in [0.15, 0.2) is 176 Å². The van der Waals surface area contributed by atoms with Crippen molar-refractivity contribution in [1.82, 2.24) is 19.1 Å². The Morgan fingerprint density at radius 2 is 1.24 bits per heavy atom. The quantitative estimate of drug-likeness (QED) is 0.130. The molecule has 0 unspecified atom stereocenters. The summed E-state index contributed by atoms with van der Waals surface area (Å²) in [4.78, 5) is 9.72. The third kappa shape index (κ3) is 4.50. The smallest absolute Gasteiger partial charge is 0.179 e. The van der Waals surface area contributed by atoms with Gasteiger partial charge in [0.1, 0.15) is 11.6 Å². The van der Waals surface area contributed by atoms with E-state index < -0.39 is 8.07 Å². The molecule has 0 N–H and O–H groups in total. The maximum absolute atomic E-state index is 4.98. The van der Waals surface area contributed by atoms with Crippen molar-refractivity contribution in [2.24, 2.45) is 7.05 Å². The maximum atomic E-state index is 4.98. The number of aryl methyl sites for hydroxylation is 1. The van der Waals surface area contributed by atoms with Crippen LogP contribution in [0.3, 0.4) is 0 Å². The van der Waals surface area contributed by atoms with Gasteiger partial charge in [0.25, 0.3) is 0 Å². The Morgan fingerprint density at radius 3 is 1.98 bits per heavy atom. The number of rotatable bonds is 6. The SMILES string of the molecule is Cn1ccnc1-c1cccc([Si](c2ccccc2)(c2ccccc2)c2ccc3c4ccc5sc6ccccc6c5c4n(-c4ccccn4)c3c2)c1. The van der Waals surface area contributed by atoms with E-state index in [1.807, 2.05) is 36.0 Å². The second-order valence-corrected chi connectivity index (χ2v) is 18.0. The predicted octanol–water partition coefficient (Wildman–Crippen LogP) is 8.32. The standard InChI is InChI=1S/C45H32N4SSi/c1-48-28-27-47-45(48)31-13-12-18-34(29-31)51(32-14-4-2-5-15-32,33-16-6-3-7-17-33)35-22-23-36-37-24-25-41-43(38-19-8-9-20-40(38)50-41)44(37)49(39(36)30-35)42-21-10-11-26-46-42/h2-30H,1H3. The molecule has 0 saturated heterocycles. The van der Waals surface area contributed by atoms with Crippen molar-refractivity contribution in [2.45, 2.75) is 0 Å². The van der Waals surface area contributed by atoms with Crippen molar-refractivity contribution < 1.29 is 0 Å². The lowest BCUT2D eigenvalue weighted by Gasteiger charge is -2.34. The molecule has 0 amide bonds. The van der Waals surface area contributed by atoms with Gasteiger partial charge < -0.3 is 4.57 Å². The highest BCUT2D eigenvalue weighted by Crippen LogP contribution is 2.42. The van der Waals surface area contributed by atoms with Gasteiger partial charge in [-0.1, -0.05) is 127 Å². The highest BCUT2D eigenvalue weighted by molar-refractivity contribution is 7.26. The van der Waals surface area contributed by atoms with Gasteiger partial charge in [0.15, 0.2) is 8.07 Å². The molecule has 0 aliphatic heterocycles. The molecule has 10 aromatic rings. The Balaban J connectivity index is 1.36. The van der Waals surface area contributed by atoms with E-state index in [2.05, 4.69) is 168 Å². The Morgan fingerprint density at radius 1 is 0.529 bits per heavy atom. The summed E-state index contributed by atoms with van der Waals surface area (Å²) in [5.74, 6) is 1.87. The molecule has 0 atom stereocenters. The number of nitrogens with zero attached hydrogens (tertiary/aromatic N) is 4. The molecule has 0 spiro atoms. The first kappa shape index (κ1) is 29.8. The van der Waals surface area contributed by atoms with Crippen molar-refractivity contribution in [3.63, 3.8) is 0 Å². The van der Waals surface area contributed by atoms with Crippen molar-refractivity contribution in [3.05, 3.63) is 176 Å². The summed E-state index contributed by atoms with van der Waals surface area (Å²) in [6.07, 6.45) is 5.79. The van der Waals surface area contributed by atoms with Gasteiger partial charge in [-0.3, -0.25) is 4.57 Å². The third-order valence-electron chi connectivity index (χ3n) is 10.4. The molecule has 6 heteroatoms. The molecule has 6 aromatic carbocycles. The largest absolute Gasteiger partial charge is 0.334 e. The zero-order valence-electron chi connectivity index (χ0n) is 27.9. The van der Waals surface area contributed by atoms with Crippen molar-refractivity contribution in [1.29, 1.82) is 0 Å². The molecule has 0 bridgehead atoms. The minimum Gasteiger partial charge on any atom is -0.334 e. The normalized spacial score (nSPS) is 12.0. The molecule has 0 radical (unpaired) electrons. The highest BCUT2D eigenvalue weighted by Gasteiger charge is 2.42. The monoisotopic (exact) mass is 688 g/mol. The zero-order chi connectivity index (χ0) is 33.9. The zero-order valence-corrected chi connectivity index (χ0v) is 29.8. The van der Waals surface area contributed by atoms with E-state index in [0.717, 1.165) is 22.7 Å². The fourth-order valence-corrected chi connectivity index (χ4v) is 14.1.